The summed E-state index contributed by atoms with van der Waals surface area (Å²) in [7, 11) is 6.09. The van der Waals surface area contributed by atoms with E-state index in [1.807, 2.05) is 181 Å². The molecule has 0 bridgehead atoms. The van der Waals surface area contributed by atoms with Crippen LogP contribution in [0.1, 0.15) is 81.8 Å². The maximum Gasteiger partial charge on any atom is 0.494 e. The summed E-state index contributed by atoms with van der Waals surface area (Å²) >= 11 is 15.6. The van der Waals surface area contributed by atoms with Crippen LogP contribution in [0.5, 0.6) is 0 Å². The fourth-order valence-electron chi connectivity index (χ4n) is 12.7. The van der Waals surface area contributed by atoms with Gasteiger partial charge in [-0.15, -0.1) is 10.2 Å². The molecule has 0 unspecified atom stereocenters. The highest BCUT2D eigenvalue weighted by Gasteiger charge is 2.52. The van der Waals surface area contributed by atoms with Gasteiger partial charge < -0.3 is 18.8 Å². The van der Waals surface area contributed by atoms with Gasteiger partial charge in [-0.05, 0) is 138 Å². The molecule has 96 heavy (non-hydrogen) atoms. The number of hydrogen-bond donors (Lipinski definition) is 0. The van der Waals surface area contributed by atoms with Crippen molar-refractivity contribution in [3.05, 3.63) is 301 Å². The van der Waals surface area contributed by atoms with Crippen molar-refractivity contribution >= 4 is 114 Å². The van der Waals surface area contributed by atoms with Crippen molar-refractivity contribution in [2.75, 3.05) is 14.2 Å². The third kappa shape index (κ3) is 11.5. The molecule has 16 nitrogen and oxygen atoms in total. The van der Waals surface area contributed by atoms with Crippen LogP contribution in [0.25, 0.3) is 55.1 Å². The van der Waals surface area contributed by atoms with Crippen LogP contribution in [0.4, 0.5) is 0 Å². The largest absolute Gasteiger partial charge is 0.494 e. The van der Waals surface area contributed by atoms with E-state index < -0.39 is 23.0 Å². The summed E-state index contributed by atoms with van der Waals surface area (Å²) in [6, 6.07) is 80.9. The highest BCUT2D eigenvalue weighted by molar-refractivity contribution is 14.1. The fourth-order valence-corrected chi connectivity index (χ4v) is 13.8. The lowest BCUT2D eigenvalue weighted by molar-refractivity contribution is 0.00578. The zero-order valence-corrected chi connectivity index (χ0v) is 57.4. The molecule has 0 spiro atoms. The van der Waals surface area contributed by atoms with E-state index in [9.17, 15) is 9.59 Å². The topological polar surface area (TPSA) is 168 Å². The number of ether oxygens (including phenoxy) is 2. The molecule has 4 aromatic heterocycles. The Labute approximate surface area is 578 Å². The SMILES string of the molecule is COC(=O)c1cc2c(-c3ccc4nnn(C)c4c3)nn(C(c3ccccc3)(c3ccccc3)c3ccccc3)c2cc1Cl.COC(=O)c1cc2c(I)nn(C(c3ccccc3)(c3ccccc3)c3ccccc3)c2cc1Cl.Cn1nnc2ccc(B3OC(C)(C)C(C)(C)O3)cc21. The Morgan fingerprint density at radius 1 is 0.458 bits per heavy atom. The number of aromatic nitrogens is 10. The van der Waals surface area contributed by atoms with Crippen LogP contribution in [0.2, 0.25) is 10.0 Å². The Balaban J connectivity index is 0.000000140. The van der Waals surface area contributed by atoms with Crippen LogP contribution < -0.4 is 5.46 Å². The first-order chi connectivity index (χ1) is 46.4. The molecule has 0 saturated carbocycles. The van der Waals surface area contributed by atoms with Crippen LogP contribution >= 0.6 is 45.8 Å². The van der Waals surface area contributed by atoms with E-state index >= 15 is 0 Å². The molecule has 0 radical (unpaired) electrons. The summed E-state index contributed by atoms with van der Waals surface area (Å²) in [5, 5.41) is 29.1. The normalized spacial score (nSPS) is 13.5. The number of rotatable bonds is 12. The van der Waals surface area contributed by atoms with Gasteiger partial charge in [0, 0.05) is 30.4 Å². The number of esters is 2. The van der Waals surface area contributed by atoms with Crippen LogP contribution in [0.3, 0.4) is 0 Å². The zero-order chi connectivity index (χ0) is 67.1. The van der Waals surface area contributed by atoms with Crippen LogP contribution in [0.15, 0.2) is 243 Å². The van der Waals surface area contributed by atoms with Gasteiger partial charge in [-0.1, -0.05) is 228 Å². The number of halogens is 3. The maximum atomic E-state index is 12.8. The molecule has 0 N–H and O–H groups in total. The molecule has 1 fully saturated rings. The summed E-state index contributed by atoms with van der Waals surface area (Å²) in [6.07, 6.45) is 0. The van der Waals surface area contributed by atoms with Crippen molar-refractivity contribution in [1.29, 1.82) is 0 Å². The lowest BCUT2D eigenvalue weighted by atomic mass is 9.77. The molecule has 1 aliphatic heterocycles. The standard InChI is InChI=1S/C35H26ClN5O2.C28H20ClIN2O2.C13H18BN3O2/c1-40-32-20-23(18-19-30(32)37-39-40)33-28-21-27(34(42)43-2)29(36)22-31(28)41(38-33)35(24-12-6-3-7-13-24,25-14-8-4-9-15-25)26-16-10-5-11-17-26;1-34-27(33)22-17-23-25(18-24(22)29)32(31-26(23)30)28(19-11-5-2-6-12-19,20-13-7-3-8-14-20)21-15-9-4-10-16-21;1-12(2)13(3,4)19-14(18-12)9-6-7-10-11(8-9)17(5)16-15-10/h3-22H,1-2H3;2-18H,1H3;6-8H,1-5H3. The quantitative estimate of drug-likeness (QED) is 0.0492. The summed E-state index contributed by atoms with van der Waals surface area (Å²) in [6.45, 7) is 8.21. The minimum absolute atomic E-state index is 0.269. The predicted octanol–water partition coefficient (Wildman–Crippen LogP) is 15.5. The molecule has 15 rings (SSSR count). The number of carbonyl (C=O) groups excluding carboxylic acids is 2. The Kier molecular flexibility index (Phi) is 17.8. The zero-order valence-electron chi connectivity index (χ0n) is 53.7. The number of methoxy groups -OCH3 is 2. The highest BCUT2D eigenvalue weighted by atomic mass is 127. The first-order valence-corrected chi connectivity index (χ1v) is 32.8. The van der Waals surface area contributed by atoms with Gasteiger partial charge in [-0.2, -0.15) is 10.2 Å². The van der Waals surface area contributed by atoms with Gasteiger partial charge in [0.05, 0.1) is 68.7 Å². The number of aryl methyl sites for hydroxylation is 2. The third-order valence-electron chi connectivity index (χ3n) is 18.1. The highest BCUT2D eigenvalue weighted by Crippen LogP contribution is 2.47. The molecule has 5 heterocycles. The summed E-state index contributed by atoms with van der Waals surface area (Å²) in [5.41, 5.74) is 12.1. The second-order valence-corrected chi connectivity index (χ2v) is 26.1. The Bertz CT molecular complexity index is 4960. The minimum Gasteiger partial charge on any atom is -0.465 e. The van der Waals surface area contributed by atoms with Gasteiger partial charge in [0.1, 0.15) is 31.5 Å². The molecule has 0 aliphatic carbocycles. The van der Waals surface area contributed by atoms with E-state index in [0.29, 0.717) is 16.3 Å². The smallest absolute Gasteiger partial charge is 0.465 e. The lowest BCUT2D eigenvalue weighted by Crippen LogP contribution is -2.41. The average molecular weight is 1420 g/mol. The molecule has 14 aromatic rings. The van der Waals surface area contributed by atoms with E-state index in [-0.39, 0.29) is 28.9 Å². The molecule has 0 amide bonds. The van der Waals surface area contributed by atoms with Crippen molar-refractivity contribution in [2.24, 2.45) is 14.1 Å². The molecule has 1 aliphatic rings. The summed E-state index contributed by atoms with van der Waals surface area (Å²) in [4.78, 5) is 25.1. The number of nitrogens with zero attached hydrogens (tertiary/aromatic N) is 10. The number of benzene rings is 10. The fraction of sp³-hybridized carbons (Fsp3) is 0.158. The minimum atomic E-state index is -0.894. The first kappa shape index (κ1) is 64.9. The Morgan fingerprint density at radius 3 is 1.21 bits per heavy atom. The summed E-state index contributed by atoms with van der Waals surface area (Å²) < 4.78 is 30.4. The van der Waals surface area contributed by atoms with Gasteiger partial charge in [-0.25, -0.2) is 28.3 Å². The second-order valence-electron chi connectivity index (χ2n) is 24.2. The van der Waals surface area contributed by atoms with Crippen molar-refractivity contribution in [3.63, 3.8) is 0 Å². The second kappa shape index (κ2) is 26.4. The number of hydrogen-bond acceptors (Lipinski definition) is 12. The monoisotopic (exact) mass is 1420 g/mol. The van der Waals surface area contributed by atoms with Crippen LogP contribution in [0, 0.1) is 3.70 Å². The number of carbonyl (C=O) groups is 2. The van der Waals surface area contributed by atoms with Crippen LogP contribution in [-0.2, 0) is 44.0 Å². The number of fused-ring (bicyclic) bond motifs is 4. The van der Waals surface area contributed by atoms with Gasteiger partial charge >= 0.3 is 19.1 Å². The molecule has 10 aromatic carbocycles. The molecule has 20 heteroatoms. The molecule has 0 atom stereocenters. The Hall–Kier alpha value is -9.83. The van der Waals surface area contributed by atoms with E-state index in [1.165, 1.54) is 14.2 Å². The van der Waals surface area contributed by atoms with Gasteiger partial charge in [-0.3, -0.25) is 0 Å². The van der Waals surface area contributed by atoms with E-state index in [2.05, 4.69) is 144 Å². The van der Waals surface area contributed by atoms with Crippen molar-refractivity contribution in [3.8, 4) is 11.3 Å². The third-order valence-corrected chi connectivity index (χ3v) is 19.6. The van der Waals surface area contributed by atoms with Crippen molar-refractivity contribution in [2.45, 2.75) is 50.0 Å². The first-order valence-electron chi connectivity index (χ1n) is 30.9. The van der Waals surface area contributed by atoms with E-state index in [0.717, 1.165) is 92.0 Å². The van der Waals surface area contributed by atoms with E-state index in [1.54, 1.807) is 21.5 Å². The molecule has 478 valence electrons. The maximum absolute atomic E-state index is 12.8. The van der Waals surface area contributed by atoms with Gasteiger partial charge in [0.2, 0.25) is 0 Å². The Morgan fingerprint density at radius 2 is 0.812 bits per heavy atom. The predicted molar refractivity (Wildman–Crippen MR) is 386 cm³/mol. The molecular formula is C76H64BCl2IN10O6. The van der Waals surface area contributed by atoms with Crippen molar-refractivity contribution < 1.29 is 28.4 Å². The molecule has 1 saturated heterocycles. The van der Waals surface area contributed by atoms with Crippen molar-refractivity contribution in [1.82, 2.24) is 49.5 Å². The lowest BCUT2D eigenvalue weighted by Gasteiger charge is -2.37. The summed E-state index contributed by atoms with van der Waals surface area (Å²) in [5.74, 6) is -0.992. The average Bonchev–Trinajstić information content (AvgIpc) is 1.45. The van der Waals surface area contributed by atoms with Gasteiger partial charge in [0.25, 0.3) is 0 Å². The van der Waals surface area contributed by atoms with Crippen LogP contribution in [-0.4, -0.2) is 94.0 Å². The molecular weight excluding hydrogens is 1360 g/mol. The van der Waals surface area contributed by atoms with Gasteiger partial charge in [0.15, 0.2) is 0 Å². The van der Waals surface area contributed by atoms with E-state index in [4.69, 9.17) is 52.2 Å².